The second-order valence-electron chi connectivity index (χ2n) is 6.61. The molecule has 0 saturated carbocycles. The third kappa shape index (κ3) is 4.07. The normalized spacial score (nSPS) is 11.3. The van der Waals surface area contributed by atoms with E-state index >= 15 is 0 Å². The van der Waals surface area contributed by atoms with E-state index in [1.165, 1.54) is 21.4 Å². The molecule has 0 aliphatic rings. The molecule has 1 aromatic heterocycles. The topological polar surface area (TPSA) is 28.5 Å². The smallest absolute Gasteiger partial charge is 0.207 e. The van der Waals surface area contributed by atoms with E-state index in [0.717, 1.165) is 16.2 Å². The molecule has 3 aromatic carbocycles. The van der Waals surface area contributed by atoms with E-state index in [1.54, 1.807) is 11.3 Å². The van der Waals surface area contributed by atoms with Crippen molar-refractivity contribution in [3.05, 3.63) is 95.1 Å². The Balaban J connectivity index is 1.71. The van der Waals surface area contributed by atoms with Gasteiger partial charge in [-0.15, -0.1) is 0 Å². The molecule has 4 aromatic rings. The summed E-state index contributed by atoms with van der Waals surface area (Å²) in [5, 5.41) is 7.71. The summed E-state index contributed by atoms with van der Waals surface area (Å²) in [6.07, 6.45) is 1.94. The quantitative estimate of drug-likeness (QED) is 0.320. The van der Waals surface area contributed by atoms with Crippen LogP contribution in [0.2, 0.25) is 0 Å². The number of thiazole rings is 1. The first-order valence-corrected chi connectivity index (χ1v) is 9.79. The molecule has 0 amide bonds. The zero-order valence-corrected chi connectivity index (χ0v) is 16.3. The summed E-state index contributed by atoms with van der Waals surface area (Å²) in [6.45, 7) is 4.90. The standard InChI is InChI=1S/C23H21N3S/c1-17-12-13-18(2)20(14-17)15-24-26(16-19-8-4-3-5-9-19)23-25-21-10-6-7-11-22(21)27-23/h3-15H,16H2,1-2H3/b24-15+. The maximum Gasteiger partial charge on any atom is 0.207 e. The number of rotatable bonds is 5. The molecule has 0 N–H and O–H groups in total. The van der Waals surface area contributed by atoms with Gasteiger partial charge < -0.3 is 0 Å². The maximum atomic E-state index is 4.81. The molecular formula is C23H21N3S. The van der Waals surface area contributed by atoms with Crippen LogP contribution < -0.4 is 5.01 Å². The number of hydrazone groups is 1. The number of hydrogen-bond acceptors (Lipinski definition) is 4. The Morgan fingerprint density at radius 2 is 1.74 bits per heavy atom. The molecule has 0 unspecified atom stereocenters. The molecule has 0 bridgehead atoms. The van der Waals surface area contributed by atoms with Crippen molar-refractivity contribution in [3.63, 3.8) is 0 Å². The first kappa shape index (κ1) is 17.4. The minimum absolute atomic E-state index is 0.683. The van der Waals surface area contributed by atoms with Gasteiger partial charge in [0.15, 0.2) is 0 Å². The van der Waals surface area contributed by atoms with Crippen molar-refractivity contribution in [3.8, 4) is 0 Å². The highest BCUT2D eigenvalue weighted by atomic mass is 32.1. The number of fused-ring (bicyclic) bond motifs is 1. The molecule has 0 fully saturated rings. The van der Waals surface area contributed by atoms with Gasteiger partial charge in [-0.05, 0) is 42.7 Å². The van der Waals surface area contributed by atoms with Gasteiger partial charge in [0.1, 0.15) is 0 Å². The maximum absolute atomic E-state index is 4.81. The third-order valence-electron chi connectivity index (χ3n) is 4.45. The Kier molecular flexibility index (Phi) is 4.99. The van der Waals surface area contributed by atoms with Crippen LogP contribution in [0.1, 0.15) is 22.3 Å². The first-order chi connectivity index (χ1) is 13.2. The fourth-order valence-electron chi connectivity index (χ4n) is 2.92. The minimum atomic E-state index is 0.683. The number of benzene rings is 3. The van der Waals surface area contributed by atoms with Gasteiger partial charge in [0, 0.05) is 0 Å². The number of anilines is 1. The zero-order chi connectivity index (χ0) is 18.6. The summed E-state index contributed by atoms with van der Waals surface area (Å²) < 4.78 is 1.17. The van der Waals surface area contributed by atoms with Gasteiger partial charge in [-0.25, -0.2) is 9.99 Å². The van der Waals surface area contributed by atoms with Gasteiger partial charge in [0.25, 0.3) is 0 Å². The Bertz CT molecular complexity index is 1050. The molecule has 0 aliphatic carbocycles. The summed E-state index contributed by atoms with van der Waals surface area (Å²) in [5.41, 5.74) is 5.80. The molecule has 0 spiro atoms. The monoisotopic (exact) mass is 371 g/mol. The van der Waals surface area contributed by atoms with E-state index in [-0.39, 0.29) is 0 Å². The predicted molar refractivity (Wildman–Crippen MR) is 116 cm³/mol. The van der Waals surface area contributed by atoms with Crippen molar-refractivity contribution in [1.29, 1.82) is 0 Å². The SMILES string of the molecule is Cc1ccc(C)c(/C=N/N(Cc2ccccc2)c2nc3ccccc3s2)c1. The van der Waals surface area contributed by atoms with Crippen LogP contribution >= 0.6 is 11.3 Å². The van der Waals surface area contributed by atoms with Crippen molar-refractivity contribution >= 4 is 32.9 Å². The Morgan fingerprint density at radius 3 is 2.56 bits per heavy atom. The molecule has 3 nitrogen and oxygen atoms in total. The van der Waals surface area contributed by atoms with Gasteiger partial charge in [-0.3, -0.25) is 0 Å². The van der Waals surface area contributed by atoms with E-state index in [4.69, 9.17) is 10.1 Å². The van der Waals surface area contributed by atoms with Crippen molar-refractivity contribution < 1.29 is 0 Å². The number of nitrogens with zero attached hydrogens (tertiary/aromatic N) is 3. The van der Waals surface area contributed by atoms with E-state index in [9.17, 15) is 0 Å². The van der Waals surface area contributed by atoms with Gasteiger partial charge in [0.05, 0.1) is 23.0 Å². The average Bonchev–Trinajstić information content (AvgIpc) is 3.12. The fourth-order valence-corrected chi connectivity index (χ4v) is 3.84. The van der Waals surface area contributed by atoms with Crippen LogP contribution in [0.15, 0.2) is 77.9 Å². The van der Waals surface area contributed by atoms with Gasteiger partial charge in [-0.1, -0.05) is 77.6 Å². The number of aromatic nitrogens is 1. The lowest BCUT2D eigenvalue weighted by molar-refractivity contribution is 0.854. The van der Waals surface area contributed by atoms with Crippen LogP contribution in [-0.4, -0.2) is 11.2 Å². The van der Waals surface area contributed by atoms with Gasteiger partial charge in [-0.2, -0.15) is 5.10 Å². The highest BCUT2D eigenvalue weighted by Crippen LogP contribution is 2.29. The third-order valence-corrected chi connectivity index (χ3v) is 5.50. The molecule has 134 valence electrons. The van der Waals surface area contributed by atoms with Crippen LogP contribution in [-0.2, 0) is 6.54 Å². The lowest BCUT2D eigenvalue weighted by atomic mass is 10.1. The summed E-state index contributed by atoms with van der Waals surface area (Å²) in [4.78, 5) is 4.79. The van der Waals surface area contributed by atoms with Crippen molar-refractivity contribution in [2.75, 3.05) is 5.01 Å². The van der Waals surface area contributed by atoms with Crippen molar-refractivity contribution in [2.45, 2.75) is 20.4 Å². The highest BCUT2D eigenvalue weighted by Gasteiger charge is 2.12. The van der Waals surface area contributed by atoms with Crippen LogP contribution in [0, 0.1) is 13.8 Å². The summed E-state index contributed by atoms with van der Waals surface area (Å²) in [7, 11) is 0. The minimum Gasteiger partial charge on any atom is -0.235 e. The van der Waals surface area contributed by atoms with E-state index in [1.807, 2.05) is 35.5 Å². The first-order valence-electron chi connectivity index (χ1n) is 8.97. The van der Waals surface area contributed by atoms with Crippen LogP contribution in [0.25, 0.3) is 10.2 Å². The summed E-state index contributed by atoms with van der Waals surface area (Å²) in [5.74, 6) is 0. The summed E-state index contributed by atoms with van der Waals surface area (Å²) >= 11 is 1.67. The lowest BCUT2D eigenvalue weighted by Gasteiger charge is -2.16. The Labute approximate surface area is 163 Å². The molecular weight excluding hydrogens is 350 g/mol. The second-order valence-corrected chi connectivity index (χ2v) is 7.62. The van der Waals surface area contributed by atoms with Crippen LogP contribution in [0.4, 0.5) is 5.13 Å². The lowest BCUT2D eigenvalue weighted by Crippen LogP contribution is -2.16. The van der Waals surface area contributed by atoms with Gasteiger partial charge in [0.2, 0.25) is 5.13 Å². The van der Waals surface area contributed by atoms with Crippen LogP contribution in [0.3, 0.4) is 0 Å². The summed E-state index contributed by atoms with van der Waals surface area (Å²) in [6, 6.07) is 25.0. The average molecular weight is 372 g/mol. The molecule has 27 heavy (non-hydrogen) atoms. The Hall–Kier alpha value is -2.98. The van der Waals surface area contributed by atoms with Crippen molar-refractivity contribution in [2.24, 2.45) is 5.10 Å². The number of hydrogen-bond donors (Lipinski definition) is 0. The molecule has 1 heterocycles. The molecule has 4 rings (SSSR count). The van der Waals surface area contributed by atoms with E-state index in [0.29, 0.717) is 6.54 Å². The number of aryl methyl sites for hydroxylation is 2. The molecule has 0 aliphatic heterocycles. The van der Waals surface area contributed by atoms with E-state index in [2.05, 4.69) is 62.4 Å². The van der Waals surface area contributed by atoms with Gasteiger partial charge >= 0.3 is 0 Å². The second kappa shape index (κ2) is 7.72. The molecule has 0 atom stereocenters. The zero-order valence-electron chi connectivity index (χ0n) is 15.5. The molecule has 0 radical (unpaired) electrons. The Morgan fingerprint density at radius 1 is 0.963 bits per heavy atom. The van der Waals surface area contributed by atoms with Crippen molar-refractivity contribution in [1.82, 2.24) is 4.98 Å². The molecule has 0 saturated heterocycles. The fraction of sp³-hybridized carbons (Fsp3) is 0.130. The largest absolute Gasteiger partial charge is 0.235 e. The predicted octanol–water partition coefficient (Wildman–Crippen LogP) is 5.95. The highest BCUT2D eigenvalue weighted by molar-refractivity contribution is 7.22. The molecule has 4 heteroatoms. The van der Waals surface area contributed by atoms with Crippen LogP contribution in [0.5, 0.6) is 0 Å². The van der Waals surface area contributed by atoms with E-state index < -0.39 is 0 Å². The number of para-hydroxylation sites is 1.